The summed E-state index contributed by atoms with van der Waals surface area (Å²) in [6.07, 6.45) is 3.75. The molecule has 4 heteroatoms. The van der Waals surface area contributed by atoms with Crippen LogP contribution < -0.4 is 9.47 Å². The molecule has 2 fully saturated rings. The lowest BCUT2D eigenvalue weighted by atomic mass is 9.91. The summed E-state index contributed by atoms with van der Waals surface area (Å²) in [5, 5.41) is 9.46. The Hall–Kier alpha value is -1.71. The van der Waals surface area contributed by atoms with Crippen molar-refractivity contribution >= 4 is 5.97 Å². The van der Waals surface area contributed by atoms with Gasteiger partial charge in [0, 0.05) is 5.41 Å². The molecule has 20 heavy (non-hydrogen) atoms. The largest absolute Gasteiger partial charge is 0.489 e. The fourth-order valence-corrected chi connectivity index (χ4v) is 3.09. The quantitative estimate of drug-likeness (QED) is 0.900. The summed E-state index contributed by atoms with van der Waals surface area (Å²) in [4.78, 5) is 11.5. The van der Waals surface area contributed by atoms with E-state index in [1.165, 1.54) is 0 Å². The maximum atomic E-state index is 11.5. The molecule has 1 aromatic carbocycles. The topological polar surface area (TPSA) is 55.8 Å². The van der Waals surface area contributed by atoms with Crippen molar-refractivity contribution in [1.82, 2.24) is 0 Å². The number of aryl methyl sites for hydroxylation is 1. The van der Waals surface area contributed by atoms with Gasteiger partial charge in [0.2, 0.25) is 0 Å². The highest BCUT2D eigenvalue weighted by atomic mass is 16.5. The van der Waals surface area contributed by atoms with Gasteiger partial charge in [-0.1, -0.05) is 0 Å². The van der Waals surface area contributed by atoms with E-state index in [0.717, 1.165) is 29.7 Å². The summed E-state index contributed by atoms with van der Waals surface area (Å²) in [7, 11) is 0. The lowest BCUT2D eigenvalue weighted by molar-refractivity contribution is -0.140. The molecule has 0 aromatic heterocycles. The van der Waals surface area contributed by atoms with E-state index in [0.29, 0.717) is 31.8 Å². The number of aliphatic carboxylic acids is 1. The summed E-state index contributed by atoms with van der Waals surface area (Å²) < 4.78 is 11.8. The second kappa shape index (κ2) is 3.68. The average Bonchev–Trinajstić information content (AvgIpc) is 3.30. The highest BCUT2D eigenvalue weighted by Gasteiger charge is 2.53. The van der Waals surface area contributed by atoms with Crippen molar-refractivity contribution in [3.8, 4) is 11.5 Å². The Morgan fingerprint density at radius 2 is 1.70 bits per heavy atom. The summed E-state index contributed by atoms with van der Waals surface area (Å²) in [5.41, 5.74) is 1.39. The van der Waals surface area contributed by atoms with Crippen LogP contribution >= 0.6 is 0 Å². The molecule has 0 bridgehead atoms. The molecule has 0 saturated heterocycles. The molecule has 2 aliphatic carbocycles. The molecule has 106 valence electrons. The predicted molar refractivity (Wildman–Crippen MR) is 72.4 cm³/mol. The fraction of sp³-hybridized carbons (Fsp3) is 0.562. The Balaban J connectivity index is 1.73. The summed E-state index contributed by atoms with van der Waals surface area (Å²) in [5.74, 6) is 0.742. The van der Waals surface area contributed by atoms with Gasteiger partial charge in [-0.25, -0.2) is 0 Å². The molecule has 1 N–H and O–H groups in total. The van der Waals surface area contributed by atoms with Gasteiger partial charge in [-0.2, -0.15) is 0 Å². The maximum Gasteiger partial charge on any atom is 0.314 e. The molecule has 1 spiro atoms. The molecular formula is C16H18O4. The summed E-state index contributed by atoms with van der Waals surface area (Å²) >= 11 is 0. The van der Waals surface area contributed by atoms with Crippen LogP contribution in [0.4, 0.5) is 0 Å². The van der Waals surface area contributed by atoms with Crippen molar-refractivity contribution in [1.29, 1.82) is 0 Å². The predicted octanol–water partition coefficient (Wildman–Crippen LogP) is 2.66. The van der Waals surface area contributed by atoms with Crippen molar-refractivity contribution in [2.75, 3.05) is 13.2 Å². The monoisotopic (exact) mass is 274 g/mol. The van der Waals surface area contributed by atoms with E-state index in [-0.39, 0.29) is 5.41 Å². The highest BCUT2D eigenvalue weighted by Crippen LogP contribution is 2.53. The van der Waals surface area contributed by atoms with Gasteiger partial charge < -0.3 is 14.6 Å². The number of hydrogen-bond donors (Lipinski definition) is 1. The molecule has 4 nitrogen and oxygen atoms in total. The van der Waals surface area contributed by atoms with Crippen molar-refractivity contribution in [3.05, 3.63) is 23.3 Å². The number of benzene rings is 1. The first-order chi connectivity index (χ1) is 9.55. The smallest absolute Gasteiger partial charge is 0.314 e. The van der Waals surface area contributed by atoms with Crippen LogP contribution in [0.15, 0.2) is 12.1 Å². The van der Waals surface area contributed by atoms with Crippen molar-refractivity contribution in [2.45, 2.75) is 38.0 Å². The Morgan fingerprint density at radius 1 is 1.10 bits per heavy atom. The van der Waals surface area contributed by atoms with E-state index in [2.05, 4.69) is 0 Å². The van der Waals surface area contributed by atoms with E-state index in [1.54, 1.807) is 0 Å². The fourth-order valence-electron chi connectivity index (χ4n) is 3.09. The number of ether oxygens (including phenoxy) is 2. The molecular weight excluding hydrogens is 256 g/mol. The summed E-state index contributed by atoms with van der Waals surface area (Å²) in [6, 6.07) is 3.84. The van der Waals surface area contributed by atoms with E-state index < -0.39 is 11.4 Å². The standard InChI is InChI=1S/C16H18O4/c1-10-6-12-13(20-9-15(2-3-15)8-19-12)7-11(10)16(4-5-16)14(17)18/h6-7H,2-5,8-9H2,1H3,(H,17,18). The van der Waals surface area contributed by atoms with Gasteiger partial charge >= 0.3 is 5.97 Å². The molecule has 0 amide bonds. The number of carboxylic acid groups (broad SMARTS) is 1. The average molecular weight is 274 g/mol. The van der Waals surface area contributed by atoms with Crippen LogP contribution in [0.1, 0.15) is 36.8 Å². The molecule has 4 rings (SSSR count). The first-order valence-electron chi connectivity index (χ1n) is 7.19. The van der Waals surface area contributed by atoms with Crippen LogP contribution in [0.25, 0.3) is 0 Å². The molecule has 1 heterocycles. The Kier molecular flexibility index (Phi) is 2.22. The third-order valence-corrected chi connectivity index (χ3v) is 4.99. The highest BCUT2D eigenvalue weighted by molar-refractivity contribution is 5.85. The minimum absolute atomic E-state index is 0.206. The molecule has 0 atom stereocenters. The molecule has 1 aliphatic heterocycles. The van der Waals surface area contributed by atoms with Crippen LogP contribution in [0.2, 0.25) is 0 Å². The second-order valence-electron chi connectivity index (χ2n) is 6.58. The minimum Gasteiger partial charge on any atom is -0.489 e. The Labute approximate surface area is 117 Å². The van der Waals surface area contributed by atoms with Crippen LogP contribution in [0.5, 0.6) is 11.5 Å². The van der Waals surface area contributed by atoms with Crippen LogP contribution in [0, 0.1) is 12.3 Å². The third kappa shape index (κ3) is 1.63. The van der Waals surface area contributed by atoms with Crippen molar-refractivity contribution < 1.29 is 19.4 Å². The van der Waals surface area contributed by atoms with Gasteiger partial charge in [-0.15, -0.1) is 0 Å². The first-order valence-corrected chi connectivity index (χ1v) is 7.19. The SMILES string of the molecule is Cc1cc2c(cc1C1(C(=O)O)CC1)OCC1(CC1)CO2. The maximum absolute atomic E-state index is 11.5. The molecule has 3 aliphatic rings. The second-order valence-corrected chi connectivity index (χ2v) is 6.58. The van der Waals surface area contributed by atoms with Crippen molar-refractivity contribution in [3.63, 3.8) is 0 Å². The number of rotatable bonds is 2. The lowest BCUT2D eigenvalue weighted by Gasteiger charge is -2.17. The molecule has 0 radical (unpaired) electrons. The number of carboxylic acids is 1. The Morgan fingerprint density at radius 3 is 2.20 bits per heavy atom. The van der Waals surface area contributed by atoms with Gasteiger partial charge in [0.1, 0.15) is 0 Å². The molecule has 1 aromatic rings. The van der Waals surface area contributed by atoms with Crippen molar-refractivity contribution in [2.24, 2.45) is 5.41 Å². The van der Waals surface area contributed by atoms with E-state index in [9.17, 15) is 9.90 Å². The first kappa shape index (κ1) is 12.1. The van der Waals surface area contributed by atoms with Crippen LogP contribution in [-0.2, 0) is 10.2 Å². The summed E-state index contributed by atoms with van der Waals surface area (Å²) in [6.45, 7) is 3.35. The van der Waals surface area contributed by atoms with E-state index >= 15 is 0 Å². The zero-order chi connectivity index (χ0) is 14.0. The molecule has 2 saturated carbocycles. The van der Waals surface area contributed by atoms with Gasteiger partial charge in [0.25, 0.3) is 0 Å². The number of fused-ring (bicyclic) bond motifs is 1. The lowest BCUT2D eigenvalue weighted by Crippen LogP contribution is -2.20. The zero-order valence-corrected chi connectivity index (χ0v) is 11.6. The van der Waals surface area contributed by atoms with Gasteiger partial charge in [-0.3, -0.25) is 4.79 Å². The van der Waals surface area contributed by atoms with Crippen LogP contribution in [0.3, 0.4) is 0 Å². The van der Waals surface area contributed by atoms with Crippen LogP contribution in [-0.4, -0.2) is 24.3 Å². The van der Waals surface area contributed by atoms with Gasteiger partial charge in [-0.05, 0) is 55.9 Å². The normalized spacial score (nSPS) is 24.1. The Bertz CT molecular complexity index is 597. The van der Waals surface area contributed by atoms with Gasteiger partial charge in [0.15, 0.2) is 11.5 Å². The zero-order valence-electron chi connectivity index (χ0n) is 11.6. The number of hydrogen-bond acceptors (Lipinski definition) is 3. The number of carbonyl (C=O) groups is 1. The third-order valence-electron chi connectivity index (χ3n) is 4.99. The van der Waals surface area contributed by atoms with E-state index in [4.69, 9.17) is 9.47 Å². The minimum atomic E-state index is -0.728. The van der Waals surface area contributed by atoms with E-state index in [1.807, 2.05) is 19.1 Å². The molecule has 0 unspecified atom stereocenters. The van der Waals surface area contributed by atoms with Gasteiger partial charge in [0.05, 0.1) is 18.6 Å².